The van der Waals surface area contributed by atoms with Crippen LogP contribution in [-0.4, -0.2) is 44.0 Å². The number of nitrogens with two attached hydrogens (primary N) is 2. The first-order chi connectivity index (χ1) is 8.99. The average molecular weight is 262 g/mol. The fourth-order valence-corrected chi connectivity index (χ4v) is 2.77. The molecule has 1 amide bonds. The van der Waals surface area contributed by atoms with Crippen molar-refractivity contribution in [1.29, 1.82) is 0 Å². The minimum atomic E-state index is -0.419. The standard InChI is InChI=1S/C14H22N4O/c1-17(2)9-11-4-3-7-18(11)13-6-5-10(15)8-12(13)14(16)19/h5-6,8,11H,3-4,7,9,15H2,1-2H3,(H2,16,19). The summed E-state index contributed by atoms with van der Waals surface area (Å²) in [6.45, 7) is 1.94. The molecule has 0 aromatic heterocycles. The highest BCUT2D eigenvalue weighted by atomic mass is 16.1. The summed E-state index contributed by atoms with van der Waals surface area (Å²) in [7, 11) is 4.13. The Kier molecular flexibility index (Phi) is 3.95. The normalized spacial score (nSPS) is 19.1. The van der Waals surface area contributed by atoms with Gasteiger partial charge >= 0.3 is 0 Å². The maximum Gasteiger partial charge on any atom is 0.250 e. The Bertz CT molecular complexity index is 473. The minimum absolute atomic E-state index is 0.419. The monoisotopic (exact) mass is 262 g/mol. The van der Waals surface area contributed by atoms with Crippen molar-refractivity contribution in [2.24, 2.45) is 5.73 Å². The Balaban J connectivity index is 2.32. The highest BCUT2D eigenvalue weighted by Gasteiger charge is 2.27. The molecule has 1 heterocycles. The largest absolute Gasteiger partial charge is 0.399 e. The summed E-state index contributed by atoms with van der Waals surface area (Å²) in [5.41, 5.74) is 13.2. The van der Waals surface area contributed by atoms with Crippen LogP contribution in [0.5, 0.6) is 0 Å². The number of carbonyl (C=O) groups is 1. The third-order valence-electron chi connectivity index (χ3n) is 3.55. The number of nitrogen functional groups attached to an aromatic ring is 1. The quantitative estimate of drug-likeness (QED) is 0.790. The summed E-state index contributed by atoms with van der Waals surface area (Å²) < 4.78 is 0. The topological polar surface area (TPSA) is 75.6 Å². The first kappa shape index (κ1) is 13.7. The second-order valence-corrected chi connectivity index (χ2v) is 5.39. The van der Waals surface area contributed by atoms with Crippen molar-refractivity contribution in [3.05, 3.63) is 23.8 Å². The van der Waals surface area contributed by atoms with Gasteiger partial charge in [-0.05, 0) is 45.1 Å². The van der Waals surface area contributed by atoms with Crippen LogP contribution >= 0.6 is 0 Å². The lowest BCUT2D eigenvalue weighted by molar-refractivity contribution is 0.100. The van der Waals surface area contributed by atoms with Gasteiger partial charge in [0.2, 0.25) is 0 Å². The smallest absolute Gasteiger partial charge is 0.250 e. The first-order valence-electron chi connectivity index (χ1n) is 6.59. The van der Waals surface area contributed by atoms with Crippen LogP contribution in [-0.2, 0) is 0 Å². The maximum atomic E-state index is 11.6. The zero-order valence-corrected chi connectivity index (χ0v) is 11.6. The molecule has 5 nitrogen and oxygen atoms in total. The molecule has 0 saturated carbocycles. The van der Waals surface area contributed by atoms with Crippen LogP contribution < -0.4 is 16.4 Å². The predicted octanol–water partition coefficient (Wildman–Crippen LogP) is 0.898. The van der Waals surface area contributed by atoms with E-state index in [9.17, 15) is 4.79 Å². The van der Waals surface area contributed by atoms with E-state index in [1.54, 1.807) is 6.07 Å². The Morgan fingerprint density at radius 2 is 2.21 bits per heavy atom. The molecule has 1 aliphatic heterocycles. The number of benzene rings is 1. The van der Waals surface area contributed by atoms with E-state index in [2.05, 4.69) is 23.9 Å². The molecule has 4 N–H and O–H groups in total. The lowest BCUT2D eigenvalue weighted by Gasteiger charge is -2.30. The van der Waals surface area contributed by atoms with Gasteiger partial charge in [0.1, 0.15) is 0 Å². The van der Waals surface area contributed by atoms with Gasteiger partial charge in [-0.15, -0.1) is 0 Å². The van der Waals surface area contributed by atoms with E-state index in [1.807, 2.05) is 12.1 Å². The molecule has 1 aliphatic rings. The van der Waals surface area contributed by atoms with E-state index in [-0.39, 0.29) is 0 Å². The Labute approximate surface area is 114 Å². The van der Waals surface area contributed by atoms with Crippen LogP contribution in [0.25, 0.3) is 0 Å². The third-order valence-corrected chi connectivity index (χ3v) is 3.55. The van der Waals surface area contributed by atoms with Crippen molar-refractivity contribution in [2.45, 2.75) is 18.9 Å². The van der Waals surface area contributed by atoms with Gasteiger partial charge in [-0.3, -0.25) is 4.79 Å². The number of primary amides is 1. The van der Waals surface area contributed by atoms with Crippen LogP contribution in [0.4, 0.5) is 11.4 Å². The Morgan fingerprint density at radius 1 is 1.47 bits per heavy atom. The molecule has 104 valence electrons. The number of rotatable bonds is 4. The number of hydrogen-bond acceptors (Lipinski definition) is 4. The van der Waals surface area contributed by atoms with Crippen molar-refractivity contribution in [3.8, 4) is 0 Å². The molecule has 1 saturated heterocycles. The Morgan fingerprint density at radius 3 is 2.84 bits per heavy atom. The fourth-order valence-electron chi connectivity index (χ4n) is 2.77. The van der Waals surface area contributed by atoms with E-state index in [0.717, 1.165) is 31.6 Å². The van der Waals surface area contributed by atoms with E-state index in [1.165, 1.54) is 0 Å². The fraction of sp³-hybridized carbons (Fsp3) is 0.500. The van der Waals surface area contributed by atoms with E-state index >= 15 is 0 Å². The molecular weight excluding hydrogens is 240 g/mol. The number of nitrogens with zero attached hydrogens (tertiary/aromatic N) is 2. The molecule has 5 heteroatoms. The van der Waals surface area contributed by atoms with Gasteiger partial charge in [0.25, 0.3) is 5.91 Å². The zero-order chi connectivity index (χ0) is 14.0. The molecule has 1 atom stereocenters. The Hall–Kier alpha value is -1.75. The number of anilines is 2. The van der Waals surface area contributed by atoms with Crippen molar-refractivity contribution in [2.75, 3.05) is 37.8 Å². The molecule has 19 heavy (non-hydrogen) atoms. The van der Waals surface area contributed by atoms with Crippen molar-refractivity contribution >= 4 is 17.3 Å². The molecule has 0 spiro atoms. The summed E-state index contributed by atoms with van der Waals surface area (Å²) in [6.07, 6.45) is 2.28. The third kappa shape index (κ3) is 2.98. The summed E-state index contributed by atoms with van der Waals surface area (Å²) in [6, 6.07) is 5.83. The van der Waals surface area contributed by atoms with Crippen molar-refractivity contribution in [1.82, 2.24) is 4.90 Å². The van der Waals surface area contributed by atoms with Gasteiger partial charge in [-0.2, -0.15) is 0 Å². The molecule has 0 radical (unpaired) electrons. The SMILES string of the molecule is CN(C)CC1CCCN1c1ccc(N)cc1C(N)=O. The highest BCUT2D eigenvalue weighted by molar-refractivity contribution is 5.99. The van der Waals surface area contributed by atoms with Gasteiger partial charge in [0, 0.05) is 30.5 Å². The number of likely N-dealkylation sites (N-methyl/N-ethyl adjacent to an activating group) is 1. The number of amides is 1. The van der Waals surface area contributed by atoms with Crippen LogP contribution in [0.2, 0.25) is 0 Å². The van der Waals surface area contributed by atoms with E-state index in [4.69, 9.17) is 11.5 Å². The van der Waals surface area contributed by atoms with Gasteiger partial charge in [0.05, 0.1) is 5.56 Å². The molecule has 1 aromatic rings. The molecular formula is C14H22N4O. The first-order valence-corrected chi connectivity index (χ1v) is 6.59. The van der Waals surface area contributed by atoms with Crippen LogP contribution in [0.15, 0.2) is 18.2 Å². The predicted molar refractivity (Wildman–Crippen MR) is 78.3 cm³/mol. The van der Waals surface area contributed by atoms with Gasteiger partial charge in [-0.1, -0.05) is 0 Å². The summed E-state index contributed by atoms with van der Waals surface area (Å²) in [5.74, 6) is -0.419. The van der Waals surface area contributed by atoms with Crippen molar-refractivity contribution < 1.29 is 4.79 Å². The molecule has 1 fully saturated rings. The summed E-state index contributed by atoms with van der Waals surface area (Å²) in [5, 5.41) is 0. The number of hydrogen-bond donors (Lipinski definition) is 2. The van der Waals surface area contributed by atoms with Crippen LogP contribution in [0.3, 0.4) is 0 Å². The second-order valence-electron chi connectivity index (χ2n) is 5.39. The van der Waals surface area contributed by atoms with E-state index < -0.39 is 5.91 Å². The zero-order valence-electron chi connectivity index (χ0n) is 11.6. The summed E-state index contributed by atoms with van der Waals surface area (Å²) in [4.78, 5) is 16.0. The van der Waals surface area contributed by atoms with E-state index in [0.29, 0.717) is 17.3 Å². The molecule has 0 aliphatic carbocycles. The van der Waals surface area contributed by atoms with Gasteiger partial charge < -0.3 is 21.3 Å². The molecule has 1 unspecified atom stereocenters. The lowest BCUT2D eigenvalue weighted by atomic mass is 10.1. The lowest BCUT2D eigenvalue weighted by Crippen LogP contribution is -2.38. The maximum absolute atomic E-state index is 11.6. The van der Waals surface area contributed by atoms with Gasteiger partial charge in [-0.25, -0.2) is 0 Å². The molecule has 0 bridgehead atoms. The van der Waals surface area contributed by atoms with Crippen LogP contribution in [0.1, 0.15) is 23.2 Å². The molecule has 1 aromatic carbocycles. The highest BCUT2D eigenvalue weighted by Crippen LogP contribution is 2.30. The average Bonchev–Trinajstić information content (AvgIpc) is 2.76. The van der Waals surface area contributed by atoms with Crippen molar-refractivity contribution in [3.63, 3.8) is 0 Å². The summed E-state index contributed by atoms with van der Waals surface area (Å²) >= 11 is 0. The number of carbonyl (C=O) groups excluding carboxylic acids is 1. The van der Waals surface area contributed by atoms with Gasteiger partial charge in [0.15, 0.2) is 0 Å². The molecule has 2 rings (SSSR count). The van der Waals surface area contributed by atoms with Crippen LogP contribution in [0, 0.1) is 0 Å². The minimum Gasteiger partial charge on any atom is -0.399 e. The second kappa shape index (κ2) is 5.48.